The smallest absolute Gasteiger partial charge is 0.414 e. The lowest BCUT2D eigenvalue weighted by atomic mass is 10.0. The van der Waals surface area contributed by atoms with Crippen LogP contribution in [0.3, 0.4) is 0 Å². The van der Waals surface area contributed by atoms with Gasteiger partial charge in [-0.2, -0.15) is 0 Å². The van der Waals surface area contributed by atoms with Crippen molar-refractivity contribution in [3.8, 4) is 0 Å². The van der Waals surface area contributed by atoms with Gasteiger partial charge >= 0.3 is 12.2 Å². The average molecular weight is 280 g/mol. The molecule has 1 fully saturated rings. The minimum atomic E-state index is -1.14. The van der Waals surface area contributed by atoms with Crippen LogP contribution >= 0.6 is 0 Å². The largest absolute Gasteiger partial charge is 0.465 e. The third-order valence-corrected chi connectivity index (χ3v) is 3.08. The van der Waals surface area contributed by atoms with Crippen LogP contribution in [0.2, 0.25) is 0 Å². The molecular formula is C13H16N2O5. The van der Waals surface area contributed by atoms with Crippen LogP contribution in [0.4, 0.5) is 15.3 Å². The summed E-state index contributed by atoms with van der Waals surface area (Å²) in [6.07, 6.45) is -1.24. The van der Waals surface area contributed by atoms with Gasteiger partial charge in [0.25, 0.3) is 0 Å². The molecule has 1 unspecified atom stereocenters. The number of aliphatic hydroxyl groups excluding tert-OH is 1. The molecule has 1 aromatic carbocycles. The number of rotatable bonds is 5. The lowest BCUT2D eigenvalue weighted by Gasteiger charge is -2.18. The SMILES string of the molecule is O=C(O)NC(CCO)c1ccc(N2CCOC2=O)cc1. The standard InChI is InChI=1S/C13H16N2O5/c16-7-5-11(14-12(17)18)9-1-3-10(4-2-9)15-6-8-20-13(15)19/h1-4,11,14,16H,5-8H2,(H,17,18). The Morgan fingerprint density at radius 3 is 2.60 bits per heavy atom. The summed E-state index contributed by atoms with van der Waals surface area (Å²) in [6.45, 7) is 0.755. The topological polar surface area (TPSA) is 99.1 Å². The van der Waals surface area contributed by atoms with E-state index in [1.54, 1.807) is 24.3 Å². The molecule has 0 bridgehead atoms. The van der Waals surface area contributed by atoms with E-state index in [1.165, 1.54) is 4.90 Å². The van der Waals surface area contributed by atoms with Gasteiger partial charge in [-0.1, -0.05) is 12.1 Å². The first kappa shape index (κ1) is 14.1. The molecule has 7 nitrogen and oxygen atoms in total. The second-order valence-corrected chi connectivity index (χ2v) is 4.37. The van der Waals surface area contributed by atoms with Gasteiger partial charge in [-0.05, 0) is 24.1 Å². The zero-order chi connectivity index (χ0) is 14.5. The van der Waals surface area contributed by atoms with Crippen LogP contribution in [0, 0.1) is 0 Å². The number of nitrogens with one attached hydrogen (secondary N) is 1. The van der Waals surface area contributed by atoms with Crippen LogP contribution in [0.25, 0.3) is 0 Å². The predicted molar refractivity (Wildman–Crippen MR) is 70.7 cm³/mol. The molecule has 0 aliphatic carbocycles. The minimum absolute atomic E-state index is 0.120. The van der Waals surface area contributed by atoms with Crippen LogP contribution in [0.5, 0.6) is 0 Å². The number of carbonyl (C=O) groups is 2. The molecule has 20 heavy (non-hydrogen) atoms. The van der Waals surface area contributed by atoms with Gasteiger partial charge < -0.3 is 20.3 Å². The van der Waals surface area contributed by atoms with Crippen LogP contribution in [-0.2, 0) is 4.74 Å². The fourth-order valence-electron chi connectivity index (χ4n) is 2.11. The molecule has 0 aromatic heterocycles. The fourth-order valence-corrected chi connectivity index (χ4v) is 2.11. The van der Waals surface area contributed by atoms with E-state index in [9.17, 15) is 9.59 Å². The maximum absolute atomic E-state index is 11.4. The third kappa shape index (κ3) is 3.18. The van der Waals surface area contributed by atoms with Crippen LogP contribution in [0.1, 0.15) is 18.0 Å². The van der Waals surface area contributed by atoms with E-state index in [-0.39, 0.29) is 19.1 Å². The Morgan fingerprint density at radius 2 is 2.10 bits per heavy atom. The van der Waals surface area contributed by atoms with E-state index in [0.29, 0.717) is 18.8 Å². The number of benzene rings is 1. The number of hydrogen-bond donors (Lipinski definition) is 3. The summed E-state index contributed by atoms with van der Waals surface area (Å²) in [5.41, 5.74) is 1.44. The number of nitrogens with zero attached hydrogens (tertiary/aromatic N) is 1. The summed E-state index contributed by atoms with van der Waals surface area (Å²) < 4.78 is 4.85. The Bertz CT molecular complexity index is 488. The van der Waals surface area contributed by atoms with Crippen molar-refractivity contribution in [2.75, 3.05) is 24.7 Å². The van der Waals surface area contributed by atoms with E-state index in [4.69, 9.17) is 14.9 Å². The molecule has 7 heteroatoms. The summed E-state index contributed by atoms with van der Waals surface area (Å²) in [6, 6.07) is 6.46. The zero-order valence-corrected chi connectivity index (χ0v) is 10.8. The molecule has 1 atom stereocenters. The quantitative estimate of drug-likeness (QED) is 0.755. The highest BCUT2D eigenvalue weighted by molar-refractivity contribution is 5.89. The lowest BCUT2D eigenvalue weighted by Crippen LogP contribution is -2.27. The number of carboxylic acid groups (broad SMARTS) is 1. The van der Waals surface area contributed by atoms with Gasteiger partial charge in [-0.15, -0.1) is 0 Å². The third-order valence-electron chi connectivity index (χ3n) is 3.08. The summed E-state index contributed by atoms with van der Waals surface area (Å²) in [7, 11) is 0. The molecule has 1 heterocycles. The number of amides is 2. The second-order valence-electron chi connectivity index (χ2n) is 4.37. The minimum Gasteiger partial charge on any atom is -0.465 e. The van der Waals surface area contributed by atoms with Gasteiger partial charge in [0.05, 0.1) is 12.6 Å². The van der Waals surface area contributed by atoms with Crippen molar-refractivity contribution in [1.29, 1.82) is 0 Å². The van der Waals surface area contributed by atoms with E-state index < -0.39 is 12.1 Å². The Hall–Kier alpha value is -2.28. The summed E-state index contributed by atoms with van der Waals surface area (Å²) >= 11 is 0. The van der Waals surface area contributed by atoms with Gasteiger partial charge in [0.2, 0.25) is 0 Å². The number of cyclic esters (lactones) is 1. The fraction of sp³-hybridized carbons (Fsp3) is 0.385. The Kier molecular flexibility index (Phi) is 4.41. The van der Waals surface area contributed by atoms with Crippen molar-refractivity contribution >= 4 is 17.9 Å². The molecular weight excluding hydrogens is 264 g/mol. The van der Waals surface area contributed by atoms with Crippen LogP contribution in [0.15, 0.2) is 24.3 Å². The molecule has 3 N–H and O–H groups in total. The maximum atomic E-state index is 11.4. The Morgan fingerprint density at radius 1 is 1.40 bits per heavy atom. The highest BCUT2D eigenvalue weighted by Crippen LogP contribution is 2.23. The second kappa shape index (κ2) is 6.25. The first-order valence-corrected chi connectivity index (χ1v) is 6.26. The number of hydrogen-bond acceptors (Lipinski definition) is 4. The molecule has 1 aromatic rings. The first-order chi connectivity index (χ1) is 9.61. The van der Waals surface area contributed by atoms with E-state index >= 15 is 0 Å². The first-order valence-electron chi connectivity index (χ1n) is 6.26. The van der Waals surface area contributed by atoms with Crippen LogP contribution in [-0.4, -0.2) is 42.2 Å². The highest BCUT2D eigenvalue weighted by Gasteiger charge is 2.23. The van der Waals surface area contributed by atoms with Crippen molar-refractivity contribution in [3.63, 3.8) is 0 Å². The molecule has 0 radical (unpaired) electrons. The Balaban J connectivity index is 2.13. The molecule has 2 rings (SSSR count). The summed E-state index contributed by atoms with van der Waals surface area (Å²) in [4.78, 5) is 23.6. The number of carbonyl (C=O) groups excluding carboxylic acids is 1. The number of ether oxygens (including phenoxy) is 1. The summed E-state index contributed by atoms with van der Waals surface area (Å²) in [5, 5.41) is 20.1. The molecule has 108 valence electrons. The van der Waals surface area contributed by atoms with Gasteiger partial charge in [0, 0.05) is 12.3 Å². The summed E-state index contributed by atoms with van der Waals surface area (Å²) in [5.74, 6) is 0. The van der Waals surface area contributed by atoms with Gasteiger partial charge in [0.1, 0.15) is 6.61 Å². The maximum Gasteiger partial charge on any atom is 0.414 e. The van der Waals surface area contributed by atoms with Crippen molar-refractivity contribution in [2.45, 2.75) is 12.5 Å². The number of anilines is 1. The van der Waals surface area contributed by atoms with E-state index in [1.807, 2.05) is 0 Å². The normalized spacial score (nSPS) is 15.8. The van der Waals surface area contributed by atoms with Gasteiger partial charge in [-0.3, -0.25) is 4.90 Å². The molecule has 1 aliphatic rings. The molecule has 0 spiro atoms. The predicted octanol–water partition coefficient (Wildman–Crippen LogP) is 1.33. The van der Waals surface area contributed by atoms with Gasteiger partial charge in [-0.25, -0.2) is 9.59 Å². The molecule has 0 saturated carbocycles. The van der Waals surface area contributed by atoms with Crippen molar-refractivity contribution in [2.24, 2.45) is 0 Å². The van der Waals surface area contributed by atoms with E-state index in [0.717, 1.165) is 5.56 Å². The zero-order valence-electron chi connectivity index (χ0n) is 10.8. The Labute approximate surface area is 115 Å². The van der Waals surface area contributed by atoms with Crippen molar-refractivity contribution in [3.05, 3.63) is 29.8 Å². The molecule has 1 saturated heterocycles. The van der Waals surface area contributed by atoms with Crippen molar-refractivity contribution < 1.29 is 24.5 Å². The van der Waals surface area contributed by atoms with E-state index in [2.05, 4.69) is 5.32 Å². The lowest BCUT2D eigenvalue weighted by molar-refractivity contribution is 0.181. The van der Waals surface area contributed by atoms with Gasteiger partial charge in [0.15, 0.2) is 0 Å². The monoisotopic (exact) mass is 280 g/mol. The highest BCUT2D eigenvalue weighted by atomic mass is 16.6. The van der Waals surface area contributed by atoms with Crippen molar-refractivity contribution in [1.82, 2.24) is 5.32 Å². The molecule has 1 aliphatic heterocycles. The number of aliphatic hydroxyl groups is 1. The average Bonchev–Trinajstić information content (AvgIpc) is 2.84. The van der Waals surface area contributed by atoms with Crippen LogP contribution < -0.4 is 10.2 Å². The molecule has 2 amide bonds.